The predicted octanol–water partition coefficient (Wildman–Crippen LogP) is 3.57. The minimum Gasteiger partial charge on any atom is -0.350 e. The van der Waals surface area contributed by atoms with Crippen LogP contribution in [-0.4, -0.2) is 30.7 Å². The number of nitro benzene ring substituents is 1. The number of nitrogens with one attached hydrogen (secondary N) is 1. The van der Waals surface area contributed by atoms with E-state index in [1.807, 2.05) is 0 Å². The molecule has 0 spiro atoms. The summed E-state index contributed by atoms with van der Waals surface area (Å²) in [5.74, 6) is -0.408. The van der Waals surface area contributed by atoms with E-state index in [0.717, 1.165) is 18.9 Å². The number of halogens is 1. The zero-order valence-corrected chi connectivity index (χ0v) is 14.9. The average Bonchev–Trinajstić information content (AvgIpc) is 3.12. The van der Waals surface area contributed by atoms with Gasteiger partial charge in [0.05, 0.1) is 9.82 Å². The quantitative estimate of drug-likeness (QED) is 0.633. The van der Waals surface area contributed by atoms with E-state index in [-0.39, 0.29) is 16.3 Å². The van der Waals surface area contributed by atoms with E-state index in [9.17, 15) is 22.9 Å². The van der Waals surface area contributed by atoms with E-state index in [2.05, 4.69) is 5.32 Å². The number of nitro groups is 1. The molecule has 0 unspecified atom stereocenters. The lowest BCUT2D eigenvalue weighted by Crippen LogP contribution is -2.27. The maximum Gasteiger partial charge on any atom is 0.294 e. The van der Waals surface area contributed by atoms with Gasteiger partial charge in [0.15, 0.2) is 0 Å². The SMILES string of the molecule is Cc1cc(F)ccc1Nc1ccc(S(=O)(=O)N2CCCC2)cc1[N+](=O)[O-]. The molecule has 0 radical (unpaired) electrons. The van der Waals surface area contributed by atoms with Crippen LogP contribution in [0.2, 0.25) is 0 Å². The number of aryl methyl sites for hydroxylation is 1. The first kappa shape index (κ1) is 18.3. The molecular formula is C17H18FN3O4S. The summed E-state index contributed by atoms with van der Waals surface area (Å²) in [4.78, 5) is 10.7. The summed E-state index contributed by atoms with van der Waals surface area (Å²) in [6.45, 7) is 2.51. The van der Waals surface area contributed by atoms with Gasteiger partial charge in [-0.3, -0.25) is 10.1 Å². The molecule has 1 aliphatic rings. The van der Waals surface area contributed by atoms with Gasteiger partial charge in [-0.2, -0.15) is 4.31 Å². The Bertz CT molecular complexity index is 956. The Morgan fingerprint density at radius 3 is 2.38 bits per heavy atom. The number of hydrogen-bond donors (Lipinski definition) is 1. The Morgan fingerprint density at radius 2 is 1.77 bits per heavy atom. The standard InChI is InChI=1S/C17H18FN3O4S/c1-12-10-13(18)4-6-15(12)19-16-7-5-14(11-17(16)21(22)23)26(24,25)20-8-2-3-9-20/h4-7,10-11,19H,2-3,8-9H2,1H3. The minimum absolute atomic E-state index is 0.104. The first-order valence-electron chi connectivity index (χ1n) is 8.11. The molecule has 1 aliphatic heterocycles. The third-order valence-corrected chi connectivity index (χ3v) is 6.22. The molecule has 2 aromatic rings. The second kappa shape index (κ2) is 7.00. The van der Waals surface area contributed by atoms with Crippen LogP contribution in [0.1, 0.15) is 18.4 Å². The van der Waals surface area contributed by atoms with E-state index in [1.165, 1.54) is 34.6 Å². The zero-order valence-electron chi connectivity index (χ0n) is 14.1. The molecular weight excluding hydrogens is 361 g/mol. The van der Waals surface area contributed by atoms with E-state index in [1.54, 1.807) is 6.92 Å². The molecule has 0 aliphatic carbocycles. The van der Waals surface area contributed by atoms with E-state index < -0.39 is 20.8 Å². The monoisotopic (exact) mass is 379 g/mol. The predicted molar refractivity (Wildman–Crippen MR) is 95.5 cm³/mol. The lowest BCUT2D eigenvalue weighted by atomic mass is 10.2. The summed E-state index contributed by atoms with van der Waals surface area (Å²) in [6, 6.07) is 7.80. The number of hydrogen-bond acceptors (Lipinski definition) is 5. The van der Waals surface area contributed by atoms with E-state index >= 15 is 0 Å². The molecule has 0 bridgehead atoms. The Balaban J connectivity index is 1.98. The van der Waals surface area contributed by atoms with Gasteiger partial charge in [-0.05, 0) is 55.7 Å². The topological polar surface area (TPSA) is 92.6 Å². The highest BCUT2D eigenvalue weighted by Crippen LogP contribution is 2.33. The highest BCUT2D eigenvalue weighted by atomic mass is 32.2. The summed E-state index contributed by atoms with van der Waals surface area (Å²) >= 11 is 0. The van der Waals surface area contributed by atoms with Gasteiger partial charge < -0.3 is 5.32 Å². The van der Waals surface area contributed by atoms with Gasteiger partial charge in [0, 0.05) is 24.8 Å². The summed E-state index contributed by atoms with van der Waals surface area (Å²) < 4.78 is 39.8. The van der Waals surface area contributed by atoms with Crippen LogP contribution in [0.4, 0.5) is 21.5 Å². The van der Waals surface area contributed by atoms with Gasteiger partial charge in [0.25, 0.3) is 5.69 Å². The fourth-order valence-electron chi connectivity index (χ4n) is 2.92. The molecule has 2 aromatic carbocycles. The lowest BCUT2D eigenvalue weighted by Gasteiger charge is -2.16. The minimum atomic E-state index is -3.75. The molecule has 0 amide bonds. The average molecular weight is 379 g/mol. The Hall–Kier alpha value is -2.52. The second-order valence-corrected chi connectivity index (χ2v) is 8.07. The summed E-state index contributed by atoms with van der Waals surface area (Å²) in [5, 5.41) is 14.3. The Kier molecular flexibility index (Phi) is 4.92. The molecule has 3 rings (SSSR count). The molecule has 0 saturated carbocycles. The first-order valence-corrected chi connectivity index (χ1v) is 9.55. The normalized spacial score (nSPS) is 15.2. The number of anilines is 2. The van der Waals surface area contributed by atoms with Crippen LogP contribution in [0, 0.1) is 22.9 Å². The zero-order chi connectivity index (χ0) is 18.9. The fourth-order valence-corrected chi connectivity index (χ4v) is 4.46. The molecule has 138 valence electrons. The molecule has 1 heterocycles. The number of nitrogens with zero attached hydrogens (tertiary/aromatic N) is 2. The van der Waals surface area contributed by atoms with Crippen molar-refractivity contribution in [2.75, 3.05) is 18.4 Å². The lowest BCUT2D eigenvalue weighted by molar-refractivity contribution is -0.384. The van der Waals surface area contributed by atoms with Crippen LogP contribution in [0.3, 0.4) is 0 Å². The second-order valence-electron chi connectivity index (χ2n) is 6.13. The molecule has 9 heteroatoms. The molecule has 1 N–H and O–H groups in total. The summed E-state index contributed by atoms with van der Waals surface area (Å²) in [6.07, 6.45) is 1.57. The van der Waals surface area contributed by atoms with Crippen LogP contribution >= 0.6 is 0 Å². The van der Waals surface area contributed by atoms with Crippen LogP contribution in [0.25, 0.3) is 0 Å². The highest BCUT2D eigenvalue weighted by Gasteiger charge is 2.29. The van der Waals surface area contributed by atoms with Gasteiger partial charge in [-0.25, -0.2) is 12.8 Å². The van der Waals surface area contributed by atoms with Gasteiger partial charge >= 0.3 is 0 Å². The molecule has 7 nitrogen and oxygen atoms in total. The van der Waals surface area contributed by atoms with Gasteiger partial charge in [-0.15, -0.1) is 0 Å². The maximum atomic E-state index is 13.2. The third-order valence-electron chi connectivity index (χ3n) is 4.33. The van der Waals surface area contributed by atoms with Crippen molar-refractivity contribution in [1.82, 2.24) is 4.31 Å². The van der Waals surface area contributed by atoms with Crippen LogP contribution in [0.15, 0.2) is 41.3 Å². The number of benzene rings is 2. The Morgan fingerprint density at radius 1 is 1.12 bits per heavy atom. The molecule has 0 aromatic heterocycles. The van der Waals surface area contributed by atoms with Crippen molar-refractivity contribution >= 4 is 27.1 Å². The molecule has 0 atom stereocenters. The van der Waals surface area contributed by atoms with Gasteiger partial charge in [-0.1, -0.05) is 0 Å². The van der Waals surface area contributed by atoms with Crippen molar-refractivity contribution in [3.63, 3.8) is 0 Å². The number of rotatable bonds is 5. The van der Waals surface area contributed by atoms with Crippen LogP contribution in [0.5, 0.6) is 0 Å². The molecule has 1 saturated heterocycles. The molecule has 26 heavy (non-hydrogen) atoms. The smallest absolute Gasteiger partial charge is 0.294 e. The van der Waals surface area contributed by atoms with Crippen molar-refractivity contribution in [1.29, 1.82) is 0 Å². The fraction of sp³-hybridized carbons (Fsp3) is 0.294. The molecule has 1 fully saturated rings. The number of sulfonamides is 1. The van der Waals surface area contributed by atoms with Crippen molar-refractivity contribution in [3.05, 3.63) is 57.9 Å². The third kappa shape index (κ3) is 3.54. The van der Waals surface area contributed by atoms with Crippen molar-refractivity contribution in [2.24, 2.45) is 0 Å². The maximum absolute atomic E-state index is 13.2. The van der Waals surface area contributed by atoms with Crippen molar-refractivity contribution in [3.8, 4) is 0 Å². The highest BCUT2D eigenvalue weighted by molar-refractivity contribution is 7.89. The van der Waals surface area contributed by atoms with Crippen molar-refractivity contribution in [2.45, 2.75) is 24.7 Å². The van der Waals surface area contributed by atoms with Crippen molar-refractivity contribution < 1.29 is 17.7 Å². The van der Waals surface area contributed by atoms with Crippen LogP contribution < -0.4 is 5.32 Å². The Labute approximate surface area is 150 Å². The van der Waals surface area contributed by atoms with Crippen LogP contribution in [-0.2, 0) is 10.0 Å². The van der Waals surface area contributed by atoms with E-state index in [4.69, 9.17) is 0 Å². The van der Waals surface area contributed by atoms with E-state index in [0.29, 0.717) is 24.3 Å². The van der Waals surface area contributed by atoms with Gasteiger partial charge in [0.2, 0.25) is 10.0 Å². The summed E-state index contributed by atoms with van der Waals surface area (Å²) in [5.41, 5.74) is 0.872. The summed E-state index contributed by atoms with van der Waals surface area (Å²) in [7, 11) is -3.75. The van der Waals surface area contributed by atoms with Gasteiger partial charge in [0.1, 0.15) is 11.5 Å². The first-order chi connectivity index (χ1) is 12.3. The largest absolute Gasteiger partial charge is 0.350 e.